The summed E-state index contributed by atoms with van der Waals surface area (Å²) >= 11 is 0. The van der Waals surface area contributed by atoms with E-state index in [4.69, 9.17) is 9.73 Å². The van der Waals surface area contributed by atoms with Gasteiger partial charge in [0.2, 0.25) is 5.91 Å². The van der Waals surface area contributed by atoms with Crippen LogP contribution in [0, 0.1) is 0 Å². The third-order valence-corrected chi connectivity index (χ3v) is 7.01. The first-order valence-corrected chi connectivity index (χ1v) is 12.4. The SMILES string of the molecule is O=C(NCC(=O)N1CCN(c2ccncc2)CC1)C1=NC2C=CC=CC2N1CCN1CCOCC1. The minimum absolute atomic E-state index is 0.0224. The van der Waals surface area contributed by atoms with Crippen LogP contribution in [0.2, 0.25) is 0 Å². The summed E-state index contributed by atoms with van der Waals surface area (Å²) in [5.41, 5.74) is 1.11. The monoisotopic (exact) mass is 479 g/mol. The number of ether oxygens (including phenoxy) is 1. The summed E-state index contributed by atoms with van der Waals surface area (Å²) in [7, 11) is 0. The minimum Gasteiger partial charge on any atom is -0.379 e. The van der Waals surface area contributed by atoms with Crippen molar-refractivity contribution in [3.63, 3.8) is 0 Å². The molecule has 4 heterocycles. The van der Waals surface area contributed by atoms with Crippen molar-refractivity contribution in [2.24, 2.45) is 4.99 Å². The van der Waals surface area contributed by atoms with Gasteiger partial charge >= 0.3 is 0 Å². The molecule has 1 aliphatic carbocycles. The van der Waals surface area contributed by atoms with E-state index in [-0.39, 0.29) is 30.4 Å². The summed E-state index contributed by atoms with van der Waals surface area (Å²) in [6, 6.07) is 3.93. The number of aromatic nitrogens is 1. The van der Waals surface area contributed by atoms with Gasteiger partial charge in [0.25, 0.3) is 5.91 Å². The largest absolute Gasteiger partial charge is 0.379 e. The van der Waals surface area contributed by atoms with Crippen molar-refractivity contribution < 1.29 is 14.3 Å². The van der Waals surface area contributed by atoms with Crippen LogP contribution in [0.15, 0.2) is 53.8 Å². The van der Waals surface area contributed by atoms with Gasteiger partial charge in [0.1, 0.15) is 0 Å². The molecule has 5 rings (SSSR count). The Labute approximate surface area is 205 Å². The highest BCUT2D eigenvalue weighted by Gasteiger charge is 2.37. The lowest BCUT2D eigenvalue weighted by Crippen LogP contribution is -2.53. The van der Waals surface area contributed by atoms with Crippen LogP contribution >= 0.6 is 0 Å². The highest BCUT2D eigenvalue weighted by Crippen LogP contribution is 2.23. The first-order valence-electron chi connectivity index (χ1n) is 12.4. The number of nitrogens with one attached hydrogen (secondary N) is 1. The van der Waals surface area contributed by atoms with Gasteiger partial charge in [-0.1, -0.05) is 24.3 Å². The van der Waals surface area contributed by atoms with Gasteiger partial charge in [-0.05, 0) is 12.1 Å². The van der Waals surface area contributed by atoms with E-state index in [1.165, 1.54) is 0 Å². The van der Waals surface area contributed by atoms with Crippen molar-refractivity contribution in [2.45, 2.75) is 12.1 Å². The number of carbonyl (C=O) groups excluding carboxylic acids is 2. The fourth-order valence-corrected chi connectivity index (χ4v) is 4.98. The second kappa shape index (κ2) is 11.0. The summed E-state index contributed by atoms with van der Waals surface area (Å²) in [4.78, 5) is 43.2. The first-order chi connectivity index (χ1) is 17.2. The second-order valence-corrected chi connectivity index (χ2v) is 9.11. The number of allylic oxidation sites excluding steroid dienone is 2. The number of pyridine rings is 1. The van der Waals surface area contributed by atoms with Crippen LogP contribution in [-0.2, 0) is 14.3 Å². The number of fused-ring (bicyclic) bond motifs is 1. The zero-order valence-corrected chi connectivity index (χ0v) is 20.0. The number of hydrogen-bond donors (Lipinski definition) is 1. The van der Waals surface area contributed by atoms with Gasteiger partial charge in [-0.15, -0.1) is 0 Å². The molecular weight excluding hydrogens is 446 g/mol. The van der Waals surface area contributed by atoms with E-state index in [9.17, 15) is 9.59 Å². The molecule has 2 atom stereocenters. The molecule has 35 heavy (non-hydrogen) atoms. The van der Waals surface area contributed by atoms with Crippen LogP contribution in [0.25, 0.3) is 0 Å². The number of carbonyl (C=O) groups is 2. The minimum atomic E-state index is -0.285. The quantitative estimate of drug-likeness (QED) is 0.577. The molecule has 1 N–H and O–H groups in total. The zero-order valence-electron chi connectivity index (χ0n) is 20.0. The number of anilines is 1. The number of morpholine rings is 1. The highest BCUT2D eigenvalue weighted by molar-refractivity contribution is 6.38. The normalized spacial score (nSPS) is 24.3. The van der Waals surface area contributed by atoms with E-state index in [1.807, 2.05) is 35.3 Å². The topological polar surface area (TPSA) is 93.6 Å². The fraction of sp³-hybridized carbons (Fsp3) is 0.520. The molecule has 10 heteroatoms. The predicted octanol–water partition coefficient (Wildman–Crippen LogP) is -0.244. The summed E-state index contributed by atoms with van der Waals surface area (Å²) in [6.45, 7) is 7.59. The number of rotatable bonds is 7. The lowest BCUT2D eigenvalue weighted by Gasteiger charge is -2.36. The van der Waals surface area contributed by atoms with Crippen molar-refractivity contribution in [3.8, 4) is 0 Å². The number of piperazine rings is 1. The van der Waals surface area contributed by atoms with Crippen molar-refractivity contribution in [1.82, 2.24) is 25.0 Å². The molecule has 0 spiro atoms. The van der Waals surface area contributed by atoms with Crippen molar-refractivity contribution >= 4 is 23.3 Å². The Hall–Kier alpha value is -3.24. The first kappa shape index (κ1) is 23.5. The van der Waals surface area contributed by atoms with E-state index >= 15 is 0 Å². The number of aliphatic imine (C=N–C) groups is 1. The molecule has 1 aromatic rings. The average Bonchev–Trinajstić information content (AvgIpc) is 3.30. The van der Waals surface area contributed by atoms with Crippen LogP contribution < -0.4 is 10.2 Å². The summed E-state index contributed by atoms with van der Waals surface area (Å²) in [5, 5.41) is 2.84. The van der Waals surface area contributed by atoms with E-state index in [0.717, 1.165) is 51.6 Å². The molecule has 0 saturated carbocycles. The molecule has 2 unspecified atom stereocenters. The second-order valence-electron chi connectivity index (χ2n) is 9.11. The Bertz CT molecular complexity index is 982. The Kier molecular flexibility index (Phi) is 7.39. The van der Waals surface area contributed by atoms with Gasteiger partial charge in [-0.25, -0.2) is 0 Å². The Morgan fingerprint density at radius 2 is 1.71 bits per heavy atom. The molecule has 1 aromatic heterocycles. The number of amidine groups is 1. The van der Waals surface area contributed by atoms with Crippen LogP contribution in [0.1, 0.15) is 0 Å². The lowest BCUT2D eigenvalue weighted by molar-refractivity contribution is -0.132. The Morgan fingerprint density at radius 3 is 2.49 bits per heavy atom. The highest BCUT2D eigenvalue weighted by atomic mass is 16.5. The molecule has 3 aliphatic heterocycles. The van der Waals surface area contributed by atoms with Gasteiger partial charge < -0.3 is 24.8 Å². The van der Waals surface area contributed by atoms with Gasteiger partial charge in [0.05, 0.1) is 31.8 Å². The van der Waals surface area contributed by atoms with Crippen LogP contribution in [0.5, 0.6) is 0 Å². The molecule has 2 amide bonds. The van der Waals surface area contributed by atoms with Crippen LogP contribution in [-0.4, -0.2) is 122 Å². The molecule has 2 saturated heterocycles. The predicted molar refractivity (Wildman–Crippen MR) is 133 cm³/mol. The molecule has 0 radical (unpaired) electrons. The summed E-state index contributed by atoms with van der Waals surface area (Å²) in [6.07, 6.45) is 11.7. The van der Waals surface area contributed by atoms with Crippen LogP contribution in [0.4, 0.5) is 5.69 Å². The molecule has 0 aromatic carbocycles. The van der Waals surface area contributed by atoms with Crippen molar-refractivity contribution in [1.29, 1.82) is 0 Å². The summed E-state index contributed by atoms with van der Waals surface area (Å²) in [5.74, 6) is 0.0649. The standard InChI is InChI=1S/C25H33N7O3/c33-23(31-12-10-30(11-13-31)20-5-7-26-8-6-20)19-27-25(34)24-28-21-3-1-2-4-22(21)32(24)14-9-29-15-17-35-18-16-29/h1-8,21-22H,9-19H2,(H,27,34). The third kappa shape index (κ3) is 5.54. The van der Waals surface area contributed by atoms with E-state index in [2.05, 4.69) is 31.1 Å². The van der Waals surface area contributed by atoms with Gasteiger partial charge in [-0.3, -0.25) is 24.5 Å². The van der Waals surface area contributed by atoms with E-state index < -0.39 is 0 Å². The summed E-state index contributed by atoms with van der Waals surface area (Å²) < 4.78 is 5.44. The maximum absolute atomic E-state index is 13.1. The Morgan fingerprint density at radius 1 is 0.971 bits per heavy atom. The Balaban J connectivity index is 1.14. The molecule has 10 nitrogen and oxygen atoms in total. The van der Waals surface area contributed by atoms with Crippen LogP contribution in [0.3, 0.4) is 0 Å². The zero-order chi connectivity index (χ0) is 24.0. The van der Waals surface area contributed by atoms with Gasteiger partial charge in [-0.2, -0.15) is 0 Å². The van der Waals surface area contributed by atoms with Gasteiger partial charge in [0.15, 0.2) is 5.84 Å². The van der Waals surface area contributed by atoms with Crippen molar-refractivity contribution in [3.05, 3.63) is 48.8 Å². The number of hydrogen-bond acceptors (Lipinski definition) is 8. The molecule has 2 fully saturated rings. The van der Waals surface area contributed by atoms with E-state index in [0.29, 0.717) is 25.5 Å². The lowest BCUT2D eigenvalue weighted by atomic mass is 10.0. The molecular formula is C25H33N7O3. The molecule has 0 bridgehead atoms. The number of nitrogens with zero attached hydrogens (tertiary/aromatic N) is 6. The van der Waals surface area contributed by atoms with Crippen molar-refractivity contribution in [2.75, 3.05) is 77.0 Å². The number of amides is 2. The average molecular weight is 480 g/mol. The fourth-order valence-electron chi connectivity index (χ4n) is 4.98. The maximum Gasteiger partial charge on any atom is 0.287 e. The maximum atomic E-state index is 13.1. The molecule has 4 aliphatic rings. The van der Waals surface area contributed by atoms with Gasteiger partial charge in [0, 0.05) is 70.4 Å². The smallest absolute Gasteiger partial charge is 0.287 e. The third-order valence-electron chi connectivity index (χ3n) is 7.01. The molecule has 186 valence electrons. The van der Waals surface area contributed by atoms with E-state index in [1.54, 1.807) is 12.4 Å².